The second-order valence-electron chi connectivity index (χ2n) is 3.17. The average molecular weight is 183 g/mol. The fourth-order valence-electron chi connectivity index (χ4n) is 1.19. The number of hydrogen-bond acceptors (Lipinski definition) is 1. The molecule has 0 aromatic rings. The second-order valence-corrected chi connectivity index (χ2v) is 3.17. The van der Waals surface area contributed by atoms with Crippen LogP contribution in [0.3, 0.4) is 0 Å². The summed E-state index contributed by atoms with van der Waals surface area (Å²) < 4.78 is 0. The summed E-state index contributed by atoms with van der Waals surface area (Å²) in [5.41, 5.74) is 0. The molecule has 0 aromatic heterocycles. The summed E-state index contributed by atoms with van der Waals surface area (Å²) in [7, 11) is 0. The Bertz CT molecular complexity index is 141. The number of unbranched alkanes of at least 4 members (excludes halogenated alkanes) is 6. The number of carboxylic acid groups (broad SMARTS) is 1. The molecule has 0 radical (unpaired) electrons. The van der Waals surface area contributed by atoms with Gasteiger partial charge < -0.3 is 5.11 Å². The molecule has 0 aliphatic carbocycles. The van der Waals surface area contributed by atoms with E-state index in [-0.39, 0.29) is 0 Å². The van der Waals surface area contributed by atoms with Crippen LogP contribution in [0.1, 0.15) is 44.9 Å². The highest BCUT2D eigenvalue weighted by Crippen LogP contribution is 2.08. The van der Waals surface area contributed by atoms with E-state index in [4.69, 9.17) is 5.11 Å². The van der Waals surface area contributed by atoms with E-state index in [9.17, 15) is 4.79 Å². The zero-order valence-electron chi connectivity index (χ0n) is 8.17. The van der Waals surface area contributed by atoms with Crippen molar-refractivity contribution in [3.05, 3.63) is 19.1 Å². The number of aliphatic carboxylic acids is 1. The number of allylic oxidation sites excluding steroid dienone is 1. The summed E-state index contributed by atoms with van der Waals surface area (Å²) in [4.78, 5) is 10.2. The molecule has 2 heteroatoms. The molecule has 0 atom stereocenters. The third-order valence-electron chi connectivity index (χ3n) is 1.93. The largest absolute Gasteiger partial charge is 0.481 e. The summed E-state index contributed by atoms with van der Waals surface area (Å²) >= 11 is 0. The standard InChI is InChI=1S/C11H19O2/c1-2-3-4-5-6-7-8-9-10-11(12)13/h2-3H,1,4-10H2,(H,12,13)/q-1. The number of hydrogen-bond donors (Lipinski definition) is 1. The maximum Gasteiger partial charge on any atom is 0.303 e. The molecule has 0 aliphatic rings. The summed E-state index contributed by atoms with van der Waals surface area (Å²) in [5, 5.41) is 8.37. The molecule has 0 fully saturated rings. The van der Waals surface area contributed by atoms with E-state index >= 15 is 0 Å². The molecule has 0 spiro atoms. The lowest BCUT2D eigenvalue weighted by Gasteiger charge is -2.01. The summed E-state index contributed by atoms with van der Waals surface area (Å²) in [6.07, 6.45) is 10.7. The molecule has 0 aliphatic heterocycles. The van der Waals surface area contributed by atoms with Gasteiger partial charge in [0.2, 0.25) is 0 Å². The Balaban J connectivity index is 2.91. The van der Waals surface area contributed by atoms with E-state index in [2.05, 4.69) is 13.0 Å². The van der Waals surface area contributed by atoms with Gasteiger partial charge in [-0.05, 0) is 6.42 Å². The molecule has 0 bridgehead atoms. The first-order valence-electron chi connectivity index (χ1n) is 4.93. The molecule has 2 nitrogen and oxygen atoms in total. The zero-order chi connectivity index (χ0) is 9.94. The van der Waals surface area contributed by atoms with Crippen molar-refractivity contribution in [1.29, 1.82) is 0 Å². The van der Waals surface area contributed by atoms with Gasteiger partial charge in [-0.1, -0.05) is 25.7 Å². The monoisotopic (exact) mass is 183 g/mol. The Morgan fingerprint density at radius 3 is 2.46 bits per heavy atom. The van der Waals surface area contributed by atoms with Gasteiger partial charge >= 0.3 is 5.97 Å². The second kappa shape index (κ2) is 9.17. The minimum absolute atomic E-state index is 0.318. The van der Waals surface area contributed by atoms with E-state index in [0.29, 0.717) is 6.42 Å². The summed E-state index contributed by atoms with van der Waals surface area (Å²) in [6, 6.07) is 0. The van der Waals surface area contributed by atoms with Crippen LogP contribution >= 0.6 is 0 Å². The number of carbonyl (C=O) groups is 1. The van der Waals surface area contributed by atoms with Crippen molar-refractivity contribution in [2.24, 2.45) is 0 Å². The van der Waals surface area contributed by atoms with Gasteiger partial charge in [0.15, 0.2) is 0 Å². The van der Waals surface area contributed by atoms with Crippen molar-refractivity contribution in [2.75, 3.05) is 0 Å². The van der Waals surface area contributed by atoms with Crippen molar-refractivity contribution in [2.45, 2.75) is 44.9 Å². The Morgan fingerprint density at radius 2 is 1.85 bits per heavy atom. The van der Waals surface area contributed by atoms with Crippen LogP contribution in [0.25, 0.3) is 0 Å². The third kappa shape index (κ3) is 11.1. The predicted molar refractivity (Wildman–Crippen MR) is 54.5 cm³/mol. The van der Waals surface area contributed by atoms with E-state index in [1.807, 2.05) is 6.08 Å². The third-order valence-corrected chi connectivity index (χ3v) is 1.93. The molecule has 0 unspecified atom stereocenters. The van der Waals surface area contributed by atoms with Crippen molar-refractivity contribution in [1.82, 2.24) is 0 Å². The highest BCUT2D eigenvalue weighted by Gasteiger charge is 1.95. The van der Waals surface area contributed by atoms with E-state index < -0.39 is 5.97 Å². The normalized spacial score (nSPS) is 9.54. The lowest BCUT2D eigenvalue weighted by atomic mass is 10.1. The number of carboxylic acids is 1. The van der Waals surface area contributed by atoms with Crippen LogP contribution in [0.5, 0.6) is 0 Å². The molecule has 0 rings (SSSR count). The summed E-state index contributed by atoms with van der Waals surface area (Å²) in [5.74, 6) is -0.681. The Hall–Kier alpha value is -0.920. The fraction of sp³-hybridized carbons (Fsp3) is 0.636. The van der Waals surface area contributed by atoms with Gasteiger partial charge in [-0.25, -0.2) is 19.1 Å². The maximum atomic E-state index is 10.2. The minimum Gasteiger partial charge on any atom is -0.481 e. The smallest absolute Gasteiger partial charge is 0.303 e. The quantitative estimate of drug-likeness (QED) is 0.440. The molecule has 0 saturated carbocycles. The van der Waals surface area contributed by atoms with Crippen molar-refractivity contribution >= 4 is 5.97 Å². The lowest BCUT2D eigenvalue weighted by Crippen LogP contribution is -1.93. The van der Waals surface area contributed by atoms with E-state index in [1.54, 1.807) is 0 Å². The Morgan fingerprint density at radius 1 is 1.23 bits per heavy atom. The van der Waals surface area contributed by atoms with Crippen LogP contribution in [0.15, 0.2) is 12.7 Å². The van der Waals surface area contributed by atoms with Crippen molar-refractivity contribution < 1.29 is 9.90 Å². The fourth-order valence-corrected chi connectivity index (χ4v) is 1.19. The van der Waals surface area contributed by atoms with Crippen LogP contribution in [0, 0.1) is 6.42 Å². The van der Waals surface area contributed by atoms with Gasteiger partial charge in [0, 0.05) is 6.42 Å². The van der Waals surface area contributed by atoms with Crippen molar-refractivity contribution in [3.63, 3.8) is 0 Å². The minimum atomic E-state index is -0.681. The molecule has 13 heavy (non-hydrogen) atoms. The lowest BCUT2D eigenvalue weighted by molar-refractivity contribution is -0.137. The average Bonchev–Trinajstić information content (AvgIpc) is 2.09. The maximum absolute atomic E-state index is 10.2. The highest BCUT2D eigenvalue weighted by molar-refractivity contribution is 5.66. The van der Waals surface area contributed by atoms with Gasteiger partial charge in [-0.2, -0.15) is 0 Å². The van der Waals surface area contributed by atoms with Crippen LogP contribution in [0.2, 0.25) is 0 Å². The van der Waals surface area contributed by atoms with Crippen LogP contribution in [-0.4, -0.2) is 11.1 Å². The van der Waals surface area contributed by atoms with Gasteiger partial charge in [-0.15, -0.1) is 6.42 Å². The predicted octanol–water partition coefficient (Wildman–Crippen LogP) is 3.19. The van der Waals surface area contributed by atoms with Gasteiger partial charge in [0.1, 0.15) is 0 Å². The van der Waals surface area contributed by atoms with Crippen molar-refractivity contribution in [3.8, 4) is 0 Å². The molecule has 0 heterocycles. The Kier molecular flexibility index (Phi) is 8.52. The van der Waals surface area contributed by atoms with Gasteiger partial charge in [0.05, 0.1) is 0 Å². The molecule has 0 amide bonds. The number of rotatable bonds is 9. The summed E-state index contributed by atoms with van der Waals surface area (Å²) in [6.45, 7) is 3.61. The molecular formula is C11H19O2-. The molecule has 1 N–H and O–H groups in total. The first-order chi connectivity index (χ1) is 6.27. The highest BCUT2D eigenvalue weighted by atomic mass is 16.4. The SMILES string of the molecule is C=C[CH-]CCCCCCCC(=O)O. The Labute approximate surface area is 80.7 Å². The molecular weight excluding hydrogens is 164 g/mol. The van der Waals surface area contributed by atoms with Crippen LogP contribution in [-0.2, 0) is 4.79 Å². The van der Waals surface area contributed by atoms with E-state index in [1.165, 1.54) is 12.8 Å². The first kappa shape index (κ1) is 12.1. The van der Waals surface area contributed by atoms with Gasteiger partial charge in [0.25, 0.3) is 0 Å². The molecule has 0 aromatic carbocycles. The molecule has 76 valence electrons. The zero-order valence-corrected chi connectivity index (χ0v) is 8.17. The molecule has 0 saturated heterocycles. The first-order valence-corrected chi connectivity index (χ1v) is 4.93. The topological polar surface area (TPSA) is 37.3 Å². The van der Waals surface area contributed by atoms with Crippen LogP contribution < -0.4 is 0 Å². The van der Waals surface area contributed by atoms with Gasteiger partial charge in [-0.3, -0.25) is 4.79 Å². The van der Waals surface area contributed by atoms with Crippen LogP contribution in [0.4, 0.5) is 0 Å². The van der Waals surface area contributed by atoms with E-state index in [0.717, 1.165) is 25.7 Å².